The predicted molar refractivity (Wildman–Crippen MR) is 102 cm³/mol. The van der Waals surface area contributed by atoms with Gasteiger partial charge in [0.15, 0.2) is 0 Å². The Bertz CT molecular complexity index is 738. The minimum absolute atomic E-state index is 0.415. The Balaban J connectivity index is 2.51. The van der Waals surface area contributed by atoms with Crippen LogP contribution in [0.15, 0.2) is 48.5 Å². The highest BCUT2D eigenvalue weighted by molar-refractivity contribution is 6.03. The third-order valence-electron chi connectivity index (χ3n) is 3.38. The zero-order chi connectivity index (χ0) is 19.5. The smallest absolute Gasteiger partial charge is 0.339 e. The average Bonchev–Trinajstić information content (AvgIpc) is 2.51. The van der Waals surface area contributed by atoms with E-state index in [1.54, 1.807) is 24.3 Å². The third-order valence-corrected chi connectivity index (χ3v) is 3.38. The lowest BCUT2D eigenvalue weighted by Gasteiger charge is -2.22. The van der Waals surface area contributed by atoms with Gasteiger partial charge < -0.3 is 9.47 Å². The highest BCUT2D eigenvalue weighted by Gasteiger charge is 2.24. The van der Waals surface area contributed by atoms with E-state index in [1.165, 1.54) is 0 Å². The molecule has 4 heteroatoms. The minimum atomic E-state index is -0.602. The second kappa shape index (κ2) is 7.32. The van der Waals surface area contributed by atoms with Crippen LogP contribution in [0.5, 0.6) is 0 Å². The molecule has 0 unspecified atom stereocenters. The Kier molecular flexibility index (Phi) is 5.55. The normalized spacial score (nSPS) is 11.8. The molecule has 0 radical (unpaired) electrons. The Morgan fingerprint density at radius 1 is 0.615 bits per heavy atom. The number of ether oxygens (including phenoxy) is 2. The van der Waals surface area contributed by atoms with Crippen LogP contribution in [-0.2, 0) is 9.47 Å². The van der Waals surface area contributed by atoms with Gasteiger partial charge in [0, 0.05) is 0 Å². The van der Waals surface area contributed by atoms with E-state index in [2.05, 4.69) is 0 Å². The first-order valence-electron chi connectivity index (χ1n) is 8.63. The molecular formula is C22H26O4. The summed E-state index contributed by atoms with van der Waals surface area (Å²) in [7, 11) is 0. The zero-order valence-corrected chi connectivity index (χ0v) is 16.3. The summed E-state index contributed by atoms with van der Waals surface area (Å²) in [6.07, 6.45) is 0. The predicted octanol–water partition coefficient (Wildman–Crippen LogP) is 5.26. The van der Waals surface area contributed by atoms with Crippen molar-refractivity contribution in [1.82, 2.24) is 0 Å². The Labute approximate surface area is 155 Å². The number of carbonyl (C=O) groups excluding carboxylic acids is 2. The Morgan fingerprint density at radius 2 is 0.923 bits per heavy atom. The Hall–Kier alpha value is -2.62. The number of rotatable bonds is 3. The van der Waals surface area contributed by atoms with Gasteiger partial charge in [0.2, 0.25) is 0 Å². The second-order valence-corrected chi connectivity index (χ2v) is 8.09. The number of benzene rings is 2. The van der Waals surface area contributed by atoms with E-state index in [4.69, 9.17) is 9.47 Å². The molecule has 0 aliphatic rings. The summed E-state index contributed by atoms with van der Waals surface area (Å²) >= 11 is 0. The van der Waals surface area contributed by atoms with E-state index >= 15 is 0 Å². The van der Waals surface area contributed by atoms with E-state index < -0.39 is 23.1 Å². The molecule has 0 aliphatic carbocycles. The van der Waals surface area contributed by atoms with Crippen LogP contribution in [0.25, 0.3) is 11.1 Å². The third kappa shape index (κ3) is 5.19. The zero-order valence-electron chi connectivity index (χ0n) is 16.3. The summed E-state index contributed by atoms with van der Waals surface area (Å²) in [4.78, 5) is 25.3. The maximum Gasteiger partial charge on any atom is 0.339 e. The molecule has 2 aromatic rings. The van der Waals surface area contributed by atoms with Crippen LogP contribution < -0.4 is 0 Å². The molecule has 0 spiro atoms. The molecule has 0 atom stereocenters. The van der Waals surface area contributed by atoms with Gasteiger partial charge in [-0.25, -0.2) is 9.59 Å². The molecule has 0 bridgehead atoms. The first kappa shape index (κ1) is 19.7. The lowest BCUT2D eigenvalue weighted by Crippen LogP contribution is -2.25. The largest absolute Gasteiger partial charge is 0.456 e. The topological polar surface area (TPSA) is 52.6 Å². The van der Waals surface area contributed by atoms with Gasteiger partial charge >= 0.3 is 11.9 Å². The van der Waals surface area contributed by atoms with Crippen molar-refractivity contribution >= 4 is 11.9 Å². The monoisotopic (exact) mass is 354 g/mol. The van der Waals surface area contributed by atoms with Crippen LogP contribution in [0.1, 0.15) is 62.3 Å². The molecule has 0 saturated heterocycles. The second-order valence-electron chi connectivity index (χ2n) is 8.09. The highest BCUT2D eigenvalue weighted by atomic mass is 16.6. The molecule has 0 N–H and O–H groups in total. The molecule has 0 amide bonds. The van der Waals surface area contributed by atoms with Gasteiger partial charge in [0.1, 0.15) is 11.2 Å². The molecule has 26 heavy (non-hydrogen) atoms. The molecule has 0 aromatic heterocycles. The minimum Gasteiger partial charge on any atom is -0.456 e. The molecule has 0 saturated carbocycles. The number of hydrogen-bond acceptors (Lipinski definition) is 4. The van der Waals surface area contributed by atoms with Crippen molar-refractivity contribution in [2.45, 2.75) is 52.7 Å². The van der Waals surface area contributed by atoms with E-state index in [0.29, 0.717) is 22.3 Å². The molecule has 0 fully saturated rings. The fourth-order valence-electron chi connectivity index (χ4n) is 2.46. The lowest BCUT2D eigenvalue weighted by atomic mass is 9.95. The number of hydrogen-bond donors (Lipinski definition) is 0. The van der Waals surface area contributed by atoms with Crippen molar-refractivity contribution in [3.63, 3.8) is 0 Å². The van der Waals surface area contributed by atoms with Crippen LogP contribution in [0.3, 0.4) is 0 Å². The van der Waals surface area contributed by atoms with E-state index in [9.17, 15) is 9.59 Å². The maximum absolute atomic E-state index is 12.6. The van der Waals surface area contributed by atoms with Crippen LogP contribution in [0, 0.1) is 0 Å². The van der Waals surface area contributed by atoms with Crippen molar-refractivity contribution in [3.05, 3.63) is 59.7 Å². The first-order chi connectivity index (χ1) is 12.0. The number of carbonyl (C=O) groups is 2. The van der Waals surface area contributed by atoms with E-state index in [1.807, 2.05) is 65.8 Å². The summed E-state index contributed by atoms with van der Waals surface area (Å²) in [5.41, 5.74) is 0.910. The highest BCUT2D eigenvalue weighted by Crippen LogP contribution is 2.30. The molecule has 2 aromatic carbocycles. The molecule has 2 rings (SSSR count). The van der Waals surface area contributed by atoms with Gasteiger partial charge in [0.25, 0.3) is 0 Å². The van der Waals surface area contributed by atoms with Crippen molar-refractivity contribution in [1.29, 1.82) is 0 Å². The van der Waals surface area contributed by atoms with Gasteiger partial charge in [-0.3, -0.25) is 0 Å². The first-order valence-corrected chi connectivity index (χ1v) is 8.63. The van der Waals surface area contributed by atoms with Gasteiger partial charge in [0.05, 0.1) is 11.1 Å². The summed E-state index contributed by atoms with van der Waals surface area (Å²) in [6.45, 7) is 10.9. The van der Waals surface area contributed by atoms with Gasteiger partial charge in [-0.15, -0.1) is 0 Å². The van der Waals surface area contributed by atoms with Gasteiger partial charge in [-0.1, -0.05) is 36.4 Å². The summed E-state index contributed by atoms with van der Waals surface area (Å²) in [6, 6.07) is 14.2. The quantitative estimate of drug-likeness (QED) is 0.705. The van der Waals surface area contributed by atoms with Crippen LogP contribution in [0.4, 0.5) is 0 Å². The number of esters is 2. The molecular weight excluding hydrogens is 328 g/mol. The van der Waals surface area contributed by atoms with Crippen molar-refractivity contribution in [2.75, 3.05) is 0 Å². The van der Waals surface area contributed by atoms with Crippen molar-refractivity contribution in [2.24, 2.45) is 0 Å². The Morgan fingerprint density at radius 3 is 1.23 bits per heavy atom. The van der Waals surface area contributed by atoms with Crippen LogP contribution in [-0.4, -0.2) is 23.1 Å². The van der Waals surface area contributed by atoms with Crippen LogP contribution in [0.2, 0.25) is 0 Å². The maximum atomic E-state index is 12.6. The van der Waals surface area contributed by atoms with E-state index in [0.717, 1.165) is 0 Å². The van der Waals surface area contributed by atoms with Crippen LogP contribution >= 0.6 is 0 Å². The summed E-state index contributed by atoms with van der Waals surface area (Å²) < 4.78 is 11.0. The molecule has 0 aliphatic heterocycles. The van der Waals surface area contributed by atoms with Crippen molar-refractivity contribution in [3.8, 4) is 11.1 Å². The standard InChI is InChI=1S/C22H26O4/c1-21(2,3)25-19(23)17-13-9-7-11-15(17)16-12-8-10-14-18(16)20(24)26-22(4,5)6/h7-14H,1-6H3. The van der Waals surface area contributed by atoms with Gasteiger partial charge in [-0.05, 0) is 64.8 Å². The summed E-state index contributed by atoms with van der Waals surface area (Å²) in [5.74, 6) is -0.848. The fraction of sp³-hybridized carbons (Fsp3) is 0.364. The summed E-state index contributed by atoms with van der Waals surface area (Å²) in [5, 5.41) is 0. The fourth-order valence-corrected chi connectivity index (χ4v) is 2.46. The van der Waals surface area contributed by atoms with E-state index in [-0.39, 0.29) is 0 Å². The average molecular weight is 354 g/mol. The van der Waals surface area contributed by atoms with Gasteiger partial charge in [-0.2, -0.15) is 0 Å². The molecule has 4 nitrogen and oxygen atoms in total. The lowest BCUT2D eigenvalue weighted by molar-refractivity contribution is 0.00552. The van der Waals surface area contributed by atoms with Crippen molar-refractivity contribution < 1.29 is 19.1 Å². The molecule has 0 heterocycles. The SMILES string of the molecule is CC(C)(C)OC(=O)c1ccccc1-c1ccccc1C(=O)OC(C)(C)C. The molecule has 138 valence electrons.